The van der Waals surface area contributed by atoms with E-state index >= 15 is 0 Å². The summed E-state index contributed by atoms with van der Waals surface area (Å²) in [4.78, 5) is 12.1. The molecule has 124 valence electrons. The van der Waals surface area contributed by atoms with Crippen LogP contribution in [0.5, 0.6) is 0 Å². The van der Waals surface area contributed by atoms with E-state index in [0.29, 0.717) is 23.3 Å². The van der Waals surface area contributed by atoms with Crippen LogP contribution in [0.2, 0.25) is 0 Å². The van der Waals surface area contributed by atoms with Gasteiger partial charge in [0.25, 0.3) is 0 Å². The molecule has 2 aliphatic carbocycles. The minimum atomic E-state index is -0.335. The number of hydrogen-bond donors (Lipinski definition) is 0. The van der Waals surface area contributed by atoms with Crippen LogP contribution in [0.25, 0.3) is 0 Å². The Balaban J connectivity index is 1.85. The van der Waals surface area contributed by atoms with Crippen molar-refractivity contribution in [3.8, 4) is 0 Å². The summed E-state index contributed by atoms with van der Waals surface area (Å²) in [5, 5.41) is 0. The largest absolute Gasteiger partial charge is 0.465 e. The van der Waals surface area contributed by atoms with Crippen molar-refractivity contribution in [1.82, 2.24) is 0 Å². The molecule has 3 nitrogen and oxygen atoms in total. The highest BCUT2D eigenvalue weighted by atomic mass is 16.5. The van der Waals surface area contributed by atoms with Gasteiger partial charge in [-0.25, -0.2) is 4.79 Å². The summed E-state index contributed by atoms with van der Waals surface area (Å²) in [5.74, 6) is 2.78. The van der Waals surface area contributed by atoms with E-state index in [1.807, 2.05) is 6.08 Å². The zero-order chi connectivity index (χ0) is 16.6. The molecule has 1 heterocycles. The maximum Gasteiger partial charge on any atom is 0.341 e. The number of carbonyl (C=O) groups excluding carboxylic acids is 1. The van der Waals surface area contributed by atoms with Gasteiger partial charge in [0.1, 0.15) is 17.1 Å². The van der Waals surface area contributed by atoms with Crippen LogP contribution in [0.15, 0.2) is 47.0 Å². The van der Waals surface area contributed by atoms with Gasteiger partial charge in [-0.2, -0.15) is 0 Å². The molecular formula is C20H26O3. The molecule has 0 aromatic carbocycles. The molecule has 0 aromatic rings. The lowest BCUT2D eigenvalue weighted by atomic mass is 9.91. The predicted molar refractivity (Wildman–Crippen MR) is 90.3 cm³/mol. The number of carbonyl (C=O) groups is 1. The molecule has 2 unspecified atom stereocenters. The number of ether oxygens (including phenoxy) is 2. The second-order valence-corrected chi connectivity index (χ2v) is 7.15. The van der Waals surface area contributed by atoms with Crippen LogP contribution in [0.1, 0.15) is 46.0 Å². The van der Waals surface area contributed by atoms with Crippen molar-refractivity contribution < 1.29 is 14.3 Å². The van der Waals surface area contributed by atoms with E-state index in [4.69, 9.17) is 9.47 Å². The van der Waals surface area contributed by atoms with Crippen molar-refractivity contribution in [3.63, 3.8) is 0 Å². The van der Waals surface area contributed by atoms with Gasteiger partial charge in [0, 0.05) is 11.8 Å². The van der Waals surface area contributed by atoms with Crippen molar-refractivity contribution in [3.05, 3.63) is 47.0 Å². The van der Waals surface area contributed by atoms with E-state index in [0.717, 1.165) is 42.8 Å². The topological polar surface area (TPSA) is 35.5 Å². The van der Waals surface area contributed by atoms with Crippen LogP contribution in [0.4, 0.5) is 0 Å². The summed E-state index contributed by atoms with van der Waals surface area (Å²) in [6.45, 7) is 8.57. The highest BCUT2D eigenvalue weighted by Gasteiger charge is 2.37. The molecule has 1 saturated carbocycles. The summed E-state index contributed by atoms with van der Waals surface area (Å²) < 4.78 is 11.2. The van der Waals surface area contributed by atoms with Gasteiger partial charge in [-0.1, -0.05) is 25.2 Å². The molecule has 0 saturated heterocycles. The highest BCUT2D eigenvalue weighted by Crippen LogP contribution is 2.45. The Morgan fingerprint density at radius 1 is 1.26 bits per heavy atom. The summed E-state index contributed by atoms with van der Waals surface area (Å²) in [5.41, 5.74) is 2.69. The fourth-order valence-corrected chi connectivity index (χ4v) is 3.61. The van der Waals surface area contributed by atoms with Crippen molar-refractivity contribution in [2.24, 2.45) is 17.8 Å². The molecule has 0 spiro atoms. The van der Waals surface area contributed by atoms with Gasteiger partial charge in [0.15, 0.2) is 0 Å². The Hall–Kier alpha value is -1.77. The maximum absolute atomic E-state index is 12.1. The molecule has 0 aromatic heterocycles. The fraction of sp³-hybridized carbons (Fsp3) is 0.550. The van der Waals surface area contributed by atoms with E-state index in [1.165, 1.54) is 19.1 Å². The van der Waals surface area contributed by atoms with Crippen LogP contribution in [0, 0.1) is 17.8 Å². The third-order valence-corrected chi connectivity index (χ3v) is 4.96. The zero-order valence-electron chi connectivity index (χ0n) is 14.4. The normalized spacial score (nSPS) is 28.6. The molecule has 0 amide bonds. The third-order valence-electron chi connectivity index (χ3n) is 4.96. The summed E-state index contributed by atoms with van der Waals surface area (Å²) in [6, 6.07) is 0. The summed E-state index contributed by atoms with van der Waals surface area (Å²) >= 11 is 0. The Bertz CT molecular complexity index is 617. The summed E-state index contributed by atoms with van der Waals surface area (Å²) in [6.07, 6.45) is 9.78. The standard InChI is InChI=1S/C20H26O3/c1-12-5-6-16(10-13(2)9-12)17-11-14(3)18(20(21)22-4)19(23-17)15-7-8-15/h9,11-12,15-16H,3,5-8,10H2,1-2,4H3. The van der Waals surface area contributed by atoms with Gasteiger partial charge >= 0.3 is 5.97 Å². The Morgan fingerprint density at radius 3 is 2.61 bits per heavy atom. The second kappa shape index (κ2) is 6.38. The lowest BCUT2D eigenvalue weighted by Gasteiger charge is -2.27. The molecule has 0 bridgehead atoms. The molecule has 2 atom stereocenters. The predicted octanol–water partition coefficient (Wildman–Crippen LogP) is 4.68. The van der Waals surface area contributed by atoms with Crippen LogP contribution >= 0.6 is 0 Å². The molecule has 3 heteroatoms. The van der Waals surface area contributed by atoms with Crippen LogP contribution in [0.3, 0.4) is 0 Å². The number of rotatable bonds is 3. The van der Waals surface area contributed by atoms with E-state index < -0.39 is 0 Å². The lowest BCUT2D eigenvalue weighted by molar-refractivity contribution is -0.136. The fourth-order valence-electron chi connectivity index (χ4n) is 3.61. The maximum atomic E-state index is 12.1. The molecule has 3 rings (SSSR count). The van der Waals surface area contributed by atoms with Gasteiger partial charge < -0.3 is 9.47 Å². The quantitative estimate of drug-likeness (QED) is 0.560. The van der Waals surface area contributed by atoms with Crippen molar-refractivity contribution in [2.75, 3.05) is 7.11 Å². The third kappa shape index (κ3) is 3.44. The Labute approximate surface area is 138 Å². The molecule has 0 N–H and O–H groups in total. The number of esters is 1. The first-order valence-electron chi connectivity index (χ1n) is 8.58. The first kappa shape index (κ1) is 16.1. The van der Waals surface area contributed by atoms with Gasteiger partial charge in [-0.05, 0) is 56.6 Å². The number of hydrogen-bond acceptors (Lipinski definition) is 3. The second-order valence-electron chi connectivity index (χ2n) is 7.15. The van der Waals surface area contributed by atoms with Crippen LogP contribution in [-0.2, 0) is 14.3 Å². The average Bonchev–Trinajstić information content (AvgIpc) is 3.34. The van der Waals surface area contributed by atoms with E-state index in [2.05, 4.69) is 26.5 Å². The molecular weight excluding hydrogens is 288 g/mol. The SMILES string of the molecule is C=C1C=C(C2CCC(C)C=C(C)C2)OC(C2CC2)=C1C(=O)OC. The minimum absolute atomic E-state index is 0.335. The van der Waals surface area contributed by atoms with E-state index in [-0.39, 0.29) is 5.97 Å². The molecule has 0 radical (unpaired) electrons. The molecule has 1 fully saturated rings. The van der Waals surface area contributed by atoms with Crippen LogP contribution in [-0.4, -0.2) is 13.1 Å². The van der Waals surface area contributed by atoms with Crippen molar-refractivity contribution in [1.29, 1.82) is 0 Å². The Morgan fingerprint density at radius 2 is 1.96 bits per heavy atom. The number of allylic oxidation sites excluding steroid dienone is 5. The van der Waals surface area contributed by atoms with Gasteiger partial charge in [0.05, 0.1) is 7.11 Å². The highest BCUT2D eigenvalue weighted by molar-refractivity contribution is 5.95. The smallest absolute Gasteiger partial charge is 0.341 e. The van der Waals surface area contributed by atoms with Gasteiger partial charge in [-0.3, -0.25) is 0 Å². The van der Waals surface area contributed by atoms with Gasteiger partial charge in [0.2, 0.25) is 0 Å². The molecule has 3 aliphatic rings. The zero-order valence-corrected chi connectivity index (χ0v) is 14.4. The molecule has 1 aliphatic heterocycles. The van der Waals surface area contributed by atoms with E-state index in [1.54, 1.807) is 0 Å². The van der Waals surface area contributed by atoms with Gasteiger partial charge in [-0.15, -0.1) is 0 Å². The minimum Gasteiger partial charge on any atom is -0.465 e. The van der Waals surface area contributed by atoms with E-state index in [9.17, 15) is 4.79 Å². The number of methoxy groups -OCH3 is 1. The van der Waals surface area contributed by atoms with Crippen LogP contribution < -0.4 is 0 Å². The van der Waals surface area contributed by atoms with Crippen molar-refractivity contribution >= 4 is 5.97 Å². The summed E-state index contributed by atoms with van der Waals surface area (Å²) in [7, 11) is 1.41. The average molecular weight is 314 g/mol. The first-order valence-corrected chi connectivity index (χ1v) is 8.58. The lowest BCUT2D eigenvalue weighted by Crippen LogP contribution is -2.19. The first-order chi connectivity index (χ1) is 11.0. The Kier molecular flexibility index (Phi) is 4.47. The molecule has 23 heavy (non-hydrogen) atoms. The van der Waals surface area contributed by atoms with Crippen molar-refractivity contribution in [2.45, 2.75) is 46.0 Å². The monoisotopic (exact) mass is 314 g/mol.